The van der Waals surface area contributed by atoms with Crippen molar-refractivity contribution < 1.29 is 0 Å². The van der Waals surface area contributed by atoms with Crippen LogP contribution in [0, 0.1) is 0 Å². The number of hydrogen-bond donors (Lipinski definition) is 1. The molecule has 1 aliphatic carbocycles. The van der Waals surface area contributed by atoms with Crippen molar-refractivity contribution in [3.63, 3.8) is 0 Å². The van der Waals surface area contributed by atoms with Gasteiger partial charge in [0.15, 0.2) is 0 Å². The van der Waals surface area contributed by atoms with E-state index >= 15 is 0 Å². The summed E-state index contributed by atoms with van der Waals surface area (Å²) in [4.78, 5) is 12.4. The molecular weight excluding hydrogens is 298 g/mol. The zero-order chi connectivity index (χ0) is 14.7. The average molecular weight is 322 g/mol. The van der Waals surface area contributed by atoms with Crippen LogP contribution in [-0.4, -0.2) is 22.3 Å². The Balaban J connectivity index is 2.05. The Labute approximate surface area is 135 Å². The van der Waals surface area contributed by atoms with Gasteiger partial charge in [0.2, 0.25) is 0 Å². The summed E-state index contributed by atoms with van der Waals surface area (Å²) in [5.41, 5.74) is 1.52. The molecule has 0 aliphatic heterocycles. The molecule has 0 bridgehead atoms. The SMILES string of the molecule is CCCNc1nc(CSCC)nc2sc3c(c12)CCCC3. The highest BCUT2D eigenvalue weighted by atomic mass is 32.2. The Kier molecular flexibility index (Phi) is 5.01. The molecule has 2 aromatic rings. The van der Waals surface area contributed by atoms with Crippen LogP contribution in [0.1, 0.15) is 49.4 Å². The minimum atomic E-state index is 0.913. The number of nitrogens with zero attached hydrogens (tertiary/aromatic N) is 2. The first kappa shape index (κ1) is 15.1. The van der Waals surface area contributed by atoms with Gasteiger partial charge in [-0.3, -0.25) is 0 Å². The van der Waals surface area contributed by atoms with E-state index in [2.05, 4.69) is 19.2 Å². The topological polar surface area (TPSA) is 37.8 Å². The van der Waals surface area contributed by atoms with Gasteiger partial charge in [0.05, 0.1) is 11.1 Å². The fraction of sp³-hybridized carbons (Fsp3) is 0.625. The molecule has 21 heavy (non-hydrogen) atoms. The smallest absolute Gasteiger partial charge is 0.142 e. The summed E-state index contributed by atoms with van der Waals surface area (Å²) in [6.07, 6.45) is 6.17. The lowest BCUT2D eigenvalue weighted by atomic mass is 9.97. The second-order valence-electron chi connectivity index (χ2n) is 5.44. The first-order chi connectivity index (χ1) is 10.3. The largest absolute Gasteiger partial charge is 0.369 e. The van der Waals surface area contributed by atoms with Gasteiger partial charge in [0.25, 0.3) is 0 Å². The van der Waals surface area contributed by atoms with Gasteiger partial charge in [-0.05, 0) is 43.4 Å². The summed E-state index contributed by atoms with van der Waals surface area (Å²) in [7, 11) is 0. The Hall–Kier alpha value is -0.810. The van der Waals surface area contributed by atoms with E-state index in [1.54, 1.807) is 4.88 Å². The van der Waals surface area contributed by atoms with Crippen LogP contribution in [-0.2, 0) is 18.6 Å². The van der Waals surface area contributed by atoms with Gasteiger partial charge in [-0.15, -0.1) is 11.3 Å². The molecule has 0 saturated heterocycles. The van der Waals surface area contributed by atoms with Crippen molar-refractivity contribution >= 4 is 39.1 Å². The fourth-order valence-electron chi connectivity index (χ4n) is 2.83. The Bertz CT molecular complexity index is 621. The molecule has 0 aromatic carbocycles. The van der Waals surface area contributed by atoms with Gasteiger partial charge < -0.3 is 5.32 Å². The monoisotopic (exact) mass is 321 g/mol. The first-order valence-corrected chi connectivity index (χ1v) is 9.93. The van der Waals surface area contributed by atoms with E-state index in [0.717, 1.165) is 36.1 Å². The predicted molar refractivity (Wildman–Crippen MR) is 94.7 cm³/mol. The second kappa shape index (κ2) is 6.97. The Morgan fingerprint density at radius 2 is 2.05 bits per heavy atom. The third-order valence-corrected chi connectivity index (χ3v) is 5.89. The van der Waals surface area contributed by atoms with Crippen molar-refractivity contribution in [3.05, 3.63) is 16.3 Å². The van der Waals surface area contributed by atoms with E-state index in [0.29, 0.717) is 0 Å². The lowest BCUT2D eigenvalue weighted by Gasteiger charge is -2.13. The zero-order valence-corrected chi connectivity index (χ0v) is 14.5. The number of nitrogens with one attached hydrogen (secondary N) is 1. The fourth-order valence-corrected chi connectivity index (χ4v) is 4.63. The highest BCUT2D eigenvalue weighted by Gasteiger charge is 2.20. The molecule has 3 rings (SSSR count). The quantitative estimate of drug-likeness (QED) is 0.840. The Morgan fingerprint density at radius 1 is 1.19 bits per heavy atom. The number of anilines is 1. The highest BCUT2D eigenvalue weighted by Crippen LogP contribution is 2.38. The molecule has 5 heteroatoms. The van der Waals surface area contributed by atoms with Crippen molar-refractivity contribution in [2.75, 3.05) is 17.6 Å². The first-order valence-electron chi connectivity index (χ1n) is 7.96. The van der Waals surface area contributed by atoms with Crippen molar-refractivity contribution in [1.82, 2.24) is 9.97 Å². The third-order valence-electron chi connectivity index (χ3n) is 3.84. The van der Waals surface area contributed by atoms with Crippen molar-refractivity contribution in [2.45, 2.75) is 51.7 Å². The van der Waals surface area contributed by atoms with Gasteiger partial charge in [-0.25, -0.2) is 9.97 Å². The molecule has 0 atom stereocenters. The summed E-state index contributed by atoms with van der Waals surface area (Å²) in [6.45, 7) is 5.36. The predicted octanol–water partition coefficient (Wildman–Crippen LogP) is 4.65. The summed E-state index contributed by atoms with van der Waals surface area (Å²) in [6, 6.07) is 0. The molecule has 0 saturated carbocycles. The highest BCUT2D eigenvalue weighted by molar-refractivity contribution is 7.98. The maximum absolute atomic E-state index is 4.83. The van der Waals surface area contributed by atoms with Gasteiger partial charge in [-0.1, -0.05) is 13.8 Å². The van der Waals surface area contributed by atoms with Gasteiger partial charge in [0, 0.05) is 11.4 Å². The second-order valence-corrected chi connectivity index (χ2v) is 7.80. The van der Waals surface area contributed by atoms with E-state index < -0.39 is 0 Å². The number of thiophene rings is 1. The van der Waals surface area contributed by atoms with Crippen LogP contribution in [0.25, 0.3) is 10.2 Å². The van der Waals surface area contributed by atoms with Crippen LogP contribution >= 0.6 is 23.1 Å². The van der Waals surface area contributed by atoms with E-state index in [4.69, 9.17) is 9.97 Å². The molecule has 1 N–H and O–H groups in total. The number of rotatable bonds is 6. The molecule has 114 valence electrons. The number of fused-ring (bicyclic) bond motifs is 3. The van der Waals surface area contributed by atoms with Crippen LogP contribution in [0.4, 0.5) is 5.82 Å². The lowest BCUT2D eigenvalue weighted by molar-refractivity contribution is 0.700. The van der Waals surface area contributed by atoms with Crippen LogP contribution in [0.2, 0.25) is 0 Å². The van der Waals surface area contributed by atoms with Crippen molar-refractivity contribution in [1.29, 1.82) is 0 Å². The van der Waals surface area contributed by atoms with Gasteiger partial charge in [0.1, 0.15) is 16.5 Å². The molecule has 0 radical (unpaired) electrons. The van der Waals surface area contributed by atoms with Crippen LogP contribution in [0.3, 0.4) is 0 Å². The molecule has 0 spiro atoms. The number of hydrogen-bond acceptors (Lipinski definition) is 5. The molecular formula is C16H23N3S2. The van der Waals surface area contributed by atoms with Crippen LogP contribution in [0.15, 0.2) is 0 Å². The minimum Gasteiger partial charge on any atom is -0.369 e. The number of aromatic nitrogens is 2. The van der Waals surface area contributed by atoms with Gasteiger partial charge >= 0.3 is 0 Å². The van der Waals surface area contributed by atoms with E-state index in [1.807, 2.05) is 23.1 Å². The number of thioether (sulfide) groups is 1. The third kappa shape index (κ3) is 3.19. The number of aryl methyl sites for hydroxylation is 2. The van der Waals surface area contributed by atoms with Crippen molar-refractivity contribution in [3.8, 4) is 0 Å². The van der Waals surface area contributed by atoms with E-state index in [9.17, 15) is 0 Å². The van der Waals surface area contributed by atoms with Crippen molar-refractivity contribution in [2.24, 2.45) is 0 Å². The molecule has 1 aliphatic rings. The minimum absolute atomic E-state index is 0.913. The van der Waals surface area contributed by atoms with Crippen LogP contribution < -0.4 is 5.32 Å². The molecule has 0 unspecified atom stereocenters. The lowest BCUT2D eigenvalue weighted by Crippen LogP contribution is -2.07. The molecule has 2 aromatic heterocycles. The van der Waals surface area contributed by atoms with E-state index in [-0.39, 0.29) is 0 Å². The summed E-state index contributed by atoms with van der Waals surface area (Å²) in [5, 5.41) is 4.85. The maximum atomic E-state index is 4.83. The maximum Gasteiger partial charge on any atom is 0.142 e. The zero-order valence-electron chi connectivity index (χ0n) is 12.9. The van der Waals surface area contributed by atoms with Crippen LogP contribution in [0.5, 0.6) is 0 Å². The average Bonchev–Trinajstić information content (AvgIpc) is 2.89. The normalized spacial score (nSPS) is 14.4. The summed E-state index contributed by atoms with van der Waals surface area (Å²) in [5.74, 6) is 4.08. The Morgan fingerprint density at radius 3 is 2.86 bits per heavy atom. The molecule has 0 amide bonds. The summed E-state index contributed by atoms with van der Waals surface area (Å²) >= 11 is 3.78. The standard InChI is InChI=1S/C16H23N3S2/c1-3-9-17-15-14-11-7-5-6-8-12(11)21-16(14)19-13(18-15)10-20-4-2/h3-10H2,1-2H3,(H,17,18,19). The summed E-state index contributed by atoms with van der Waals surface area (Å²) < 4.78 is 0. The van der Waals surface area contributed by atoms with E-state index in [1.165, 1.54) is 41.5 Å². The molecule has 3 nitrogen and oxygen atoms in total. The molecule has 0 fully saturated rings. The van der Waals surface area contributed by atoms with Gasteiger partial charge in [-0.2, -0.15) is 11.8 Å². The molecule has 2 heterocycles.